The molecule has 0 saturated carbocycles. The van der Waals surface area contributed by atoms with Gasteiger partial charge in [-0.2, -0.15) is 0 Å². The molecule has 0 bridgehead atoms. The van der Waals surface area contributed by atoms with E-state index in [0.29, 0.717) is 6.42 Å². The molecule has 10 heavy (non-hydrogen) atoms. The van der Waals surface area contributed by atoms with Gasteiger partial charge in [-0.1, -0.05) is 6.92 Å². The molecule has 1 rings (SSSR count). The van der Waals surface area contributed by atoms with E-state index in [4.69, 9.17) is 10.2 Å². The second-order valence-electron chi connectivity index (χ2n) is 2.66. The molecule has 0 aliphatic carbocycles. The number of aliphatic hydroxyl groups is 2. The molecule has 1 saturated heterocycles. The van der Waals surface area contributed by atoms with Crippen LogP contribution in [0.3, 0.4) is 0 Å². The highest BCUT2D eigenvalue weighted by Crippen LogP contribution is 2.13. The average molecular weight is 145 g/mol. The molecule has 4 nitrogen and oxygen atoms in total. The quantitative estimate of drug-likeness (QED) is 0.402. The summed E-state index contributed by atoms with van der Waals surface area (Å²) in [5.41, 5.74) is 0. The van der Waals surface area contributed by atoms with Gasteiger partial charge < -0.3 is 15.5 Å². The minimum absolute atomic E-state index is 0.196. The molecule has 3 unspecified atom stereocenters. The lowest BCUT2D eigenvalue weighted by Crippen LogP contribution is -2.51. The van der Waals surface area contributed by atoms with Gasteiger partial charge >= 0.3 is 0 Å². The number of carbonyl (C=O) groups is 1. The van der Waals surface area contributed by atoms with Crippen molar-refractivity contribution in [3.05, 3.63) is 0 Å². The van der Waals surface area contributed by atoms with Crippen LogP contribution in [0.5, 0.6) is 0 Å². The molecule has 1 aliphatic rings. The van der Waals surface area contributed by atoms with Gasteiger partial charge in [0, 0.05) is 5.92 Å². The van der Waals surface area contributed by atoms with Crippen LogP contribution >= 0.6 is 0 Å². The second kappa shape index (κ2) is 2.56. The number of rotatable bonds is 0. The van der Waals surface area contributed by atoms with Crippen molar-refractivity contribution in [1.29, 1.82) is 0 Å². The summed E-state index contributed by atoms with van der Waals surface area (Å²) in [6.07, 6.45) is -1.55. The SMILES string of the molecule is CC1CC(O)C(O)NC1=O. The van der Waals surface area contributed by atoms with E-state index in [2.05, 4.69) is 5.32 Å². The summed E-state index contributed by atoms with van der Waals surface area (Å²) in [5, 5.41) is 20.1. The smallest absolute Gasteiger partial charge is 0.224 e. The van der Waals surface area contributed by atoms with E-state index >= 15 is 0 Å². The standard InChI is InChI=1S/C6H11NO3/c1-3-2-4(8)6(10)7-5(3)9/h3-4,6,8,10H,2H2,1H3,(H,7,9). The van der Waals surface area contributed by atoms with Crippen molar-refractivity contribution in [1.82, 2.24) is 5.32 Å². The molecule has 3 N–H and O–H groups in total. The largest absolute Gasteiger partial charge is 0.388 e. The van der Waals surface area contributed by atoms with Crippen LogP contribution in [0.1, 0.15) is 13.3 Å². The first kappa shape index (κ1) is 7.50. The van der Waals surface area contributed by atoms with Crippen molar-refractivity contribution in [2.45, 2.75) is 25.7 Å². The van der Waals surface area contributed by atoms with E-state index in [0.717, 1.165) is 0 Å². The van der Waals surface area contributed by atoms with Gasteiger partial charge in [-0.05, 0) is 6.42 Å². The number of hydrogen-bond donors (Lipinski definition) is 3. The Hall–Kier alpha value is -0.610. The molecule has 58 valence electrons. The zero-order chi connectivity index (χ0) is 7.72. The number of aliphatic hydroxyl groups excluding tert-OH is 2. The first-order valence-electron chi connectivity index (χ1n) is 3.28. The van der Waals surface area contributed by atoms with Gasteiger partial charge in [0.15, 0.2) is 6.23 Å². The van der Waals surface area contributed by atoms with Crippen LogP contribution in [-0.2, 0) is 4.79 Å². The van der Waals surface area contributed by atoms with Crippen LogP contribution < -0.4 is 5.32 Å². The maximum atomic E-state index is 10.8. The Bertz CT molecular complexity index is 148. The summed E-state index contributed by atoms with van der Waals surface area (Å²) in [6.45, 7) is 1.71. The minimum Gasteiger partial charge on any atom is -0.388 e. The molecule has 0 spiro atoms. The van der Waals surface area contributed by atoms with Crippen molar-refractivity contribution in [3.8, 4) is 0 Å². The summed E-state index contributed by atoms with van der Waals surface area (Å²) in [7, 11) is 0. The van der Waals surface area contributed by atoms with E-state index in [9.17, 15) is 4.79 Å². The normalized spacial score (nSPS) is 41.1. The molecule has 0 aromatic rings. The fraction of sp³-hybridized carbons (Fsp3) is 0.833. The van der Waals surface area contributed by atoms with Gasteiger partial charge in [0.1, 0.15) is 0 Å². The number of amides is 1. The van der Waals surface area contributed by atoms with Gasteiger partial charge in [0.25, 0.3) is 0 Å². The van der Waals surface area contributed by atoms with Crippen LogP contribution in [0.2, 0.25) is 0 Å². The molecule has 3 atom stereocenters. The van der Waals surface area contributed by atoms with Gasteiger partial charge in [0.2, 0.25) is 5.91 Å². The Kier molecular flexibility index (Phi) is 1.92. The van der Waals surface area contributed by atoms with E-state index in [1.54, 1.807) is 6.92 Å². The number of piperidine rings is 1. The predicted octanol–water partition coefficient (Wildman–Crippen LogP) is -1.18. The van der Waals surface area contributed by atoms with Crippen LogP contribution in [0.15, 0.2) is 0 Å². The lowest BCUT2D eigenvalue weighted by Gasteiger charge is -2.27. The highest BCUT2D eigenvalue weighted by molar-refractivity contribution is 5.79. The van der Waals surface area contributed by atoms with Crippen LogP contribution in [0, 0.1) is 5.92 Å². The summed E-state index contributed by atoms with van der Waals surface area (Å²) < 4.78 is 0. The van der Waals surface area contributed by atoms with E-state index in [1.165, 1.54) is 0 Å². The van der Waals surface area contributed by atoms with Crippen molar-refractivity contribution in [2.75, 3.05) is 0 Å². The second-order valence-corrected chi connectivity index (χ2v) is 2.66. The van der Waals surface area contributed by atoms with Gasteiger partial charge in [0.05, 0.1) is 6.10 Å². The lowest BCUT2D eigenvalue weighted by atomic mass is 9.98. The van der Waals surface area contributed by atoms with Crippen molar-refractivity contribution in [3.63, 3.8) is 0 Å². The average Bonchev–Trinajstić information content (AvgIpc) is 1.84. The first-order valence-corrected chi connectivity index (χ1v) is 3.28. The van der Waals surface area contributed by atoms with Crippen LogP contribution in [0.4, 0.5) is 0 Å². The maximum Gasteiger partial charge on any atom is 0.224 e. The highest BCUT2D eigenvalue weighted by atomic mass is 16.3. The zero-order valence-corrected chi connectivity index (χ0v) is 5.74. The van der Waals surface area contributed by atoms with Crippen molar-refractivity contribution >= 4 is 5.91 Å². The third-order valence-electron chi connectivity index (χ3n) is 1.70. The van der Waals surface area contributed by atoms with Crippen molar-refractivity contribution < 1.29 is 15.0 Å². The Morgan fingerprint density at radius 2 is 2.20 bits per heavy atom. The Balaban J connectivity index is 2.54. The topological polar surface area (TPSA) is 69.6 Å². The molecule has 1 heterocycles. The summed E-state index contributed by atoms with van der Waals surface area (Å²) in [5.74, 6) is -0.392. The zero-order valence-electron chi connectivity index (χ0n) is 5.74. The van der Waals surface area contributed by atoms with Gasteiger partial charge in [-0.3, -0.25) is 4.79 Å². The summed E-state index contributed by atoms with van der Waals surface area (Å²) >= 11 is 0. The monoisotopic (exact) mass is 145 g/mol. The highest BCUT2D eigenvalue weighted by Gasteiger charge is 2.30. The molecule has 1 amide bonds. The fourth-order valence-electron chi connectivity index (χ4n) is 0.982. The predicted molar refractivity (Wildman–Crippen MR) is 33.9 cm³/mol. The van der Waals surface area contributed by atoms with Crippen LogP contribution in [0.25, 0.3) is 0 Å². The summed E-state index contributed by atoms with van der Waals surface area (Å²) in [6, 6.07) is 0. The minimum atomic E-state index is -1.08. The first-order chi connectivity index (χ1) is 4.61. The third-order valence-corrected chi connectivity index (χ3v) is 1.70. The Morgan fingerprint density at radius 3 is 2.70 bits per heavy atom. The van der Waals surface area contributed by atoms with Gasteiger partial charge in [-0.25, -0.2) is 0 Å². The Morgan fingerprint density at radius 1 is 1.60 bits per heavy atom. The molecule has 1 fully saturated rings. The lowest BCUT2D eigenvalue weighted by molar-refractivity contribution is -0.138. The van der Waals surface area contributed by atoms with E-state index < -0.39 is 12.3 Å². The molecule has 4 heteroatoms. The van der Waals surface area contributed by atoms with E-state index in [-0.39, 0.29) is 11.8 Å². The molecule has 0 radical (unpaired) electrons. The Labute approximate surface area is 58.9 Å². The molecule has 1 aliphatic heterocycles. The third kappa shape index (κ3) is 1.27. The number of hydrogen-bond acceptors (Lipinski definition) is 3. The molecular formula is C6H11NO3. The molecule has 0 aromatic carbocycles. The number of nitrogens with one attached hydrogen (secondary N) is 1. The fourth-order valence-corrected chi connectivity index (χ4v) is 0.982. The van der Waals surface area contributed by atoms with Crippen molar-refractivity contribution in [2.24, 2.45) is 5.92 Å². The summed E-state index contributed by atoms with van der Waals surface area (Å²) in [4.78, 5) is 10.8. The molecule has 0 aromatic heterocycles. The molecular weight excluding hydrogens is 134 g/mol. The number of carbonyl (C=O) groups excluding carboxylic acids is 1. The van der Waals surface area contributed by atoms with E-state index in [1.807, 2.05) is 0 Å². The van der Waals surface area contributed by atoms with Crippen LogP contribution in [-0.4, -0.2) is 28.5 Å². The van der Waals surface area contributed by atoms with Gasteiger partial charge in [-0.15, -0.1) is 0 Å². The maximum absolute atomic E-state index is 10.8.